The second-order valence-electron chi connectivity index (χ2n) is 4.67. The van der Waals surface area contributed by atoms with Crippen LogP contribution in [0.15, 0.2) is 54.9 Å². The summed E-state index contributed by atoms with van der Waals surface area (Å²) in [6.45, 7) is 3.25. The number of nitrogens with one attached hydrogen (secondary N) is 1. The molecule has 4 heteroatoms. The molecular formula is C17H17N3O. The van der Waals surface area contributed by atoms with Crippen LogP contribution < -0.4 is 10.1 Å². The molecule has 0 spiro atoms. The lowest BCUT2D eigenvalue weighted by Crippen LogP contribution is -2.03. The molecule has 0 radical (unpaired) electrons. The quantitative estimate of drug-likeness (QED) is 0.774. The van der Waals surface area contributed by atoms with Crippen LogP contribution in [0, 0.1) is 0 Å². The minimum atomic E-state index is 0.591. The molecule has 0 saturated heterocycles. The van der Waals surface area contributed by atoms with Gasteiger partial charge in [0, 0.05) is 12.6 Å². The molecule has 2 aromatic carbocycles. The molecule has 1 N–H and O–H groups in total. The molecule has 0 aliphatic carbocycles. The van der Waals surface area contributed by atoms with Gasteiger partial charge >= 0.3 is 0 Å². The van der Waals surface area contributed by atoms with Gasteiger partial charge in [-0.05, 0) is 23.3 Å². The molecule has 3 rings (SSSR count). The van der Waals surface area contributed by atoms with Crippen LogP contribution >= 0.6 is 0 Å². The summed E-state index contributed by atoms with van der Waals surface area (Å²) in [6.07, 6.45) is 1.51. The van der Waals surface area contributed by atoms with E-state index in [0.29, 0.717) is 19.0 Å². The van der Waals surface area contributed by atoms with Crippen molar-refractivity contribution in [1.82, 2.24) is 9.97 Å². The van der Waals surface area contributed by atoms with Crippen LogP contribution in [0.3, 0.4) is 0 Å². The van der Waals surface area contributed by atoms with Gasteiger partial charge in [-0.25, -0.2) is 9.97 Å². The highest BCUT2D eigenvalue weighted by molar-refractivity contribution is 5.85. The number of anilines is 1. The van der Waals surface area contributed by atoms with Gasteiger partial charge in [-0.15, -0.1) is 0 Å². The predicted molar refractivity (Wildman–Crippen MR) is 84.5 cm³/mol. The molecule has 0 saturated carbocycles. The average Bonchev–Trinajstić information content (AvgIpc) is 2.53. The highest BCUT2D eigenvalue weighted by atomic mass is 16.5. The van der Waals surface area contributed by atoms with E-state index < -0.39 is 0 Å². The summed E-state index contributed by atoms with van der Waals surface area (Å²) in [5.74, 6) is 1.36. The van der Waals surface area contributed by atoms with Gasteiger partial charge < -0.3 is 10.1 Å². The molecule has 0 unspecified atom stereocenters. The maximum Gasteiger partial charge on any atom is 0.218 e. The van der Waals surface area contributed by atoms with Crippen molar-refractivity contribution >= 4 is 16.6 Å². The van der Waals surface area contributed by atoms with Gasteiger partial charge in [-0.3, -0.25) is 0 Å². The Hall–Kier alpha value is -2.62. The lowest BCUT2D eigenvalue weighted by atomic mass is 10.0. The summed E-state index contributed by atoms with van der Waals surface area (Å²) in [7, 11) is 0. The average molecular weight is 279 g/mol. The van der Waals surface area contributed by atoms with E-state index in [1.165, 1.54) is 22.7 Å². The van der Waals surface area contributed by atoms with Crippen LogP contribution in [0.5, 0.6) is 5.88 Å². The van der Waals surface area contributed by atoms with E-state index in [1.807, 2.05) is 13.0 Å². The van der Waals surface area contributed by atoms with Crippen LogP contribution in [0.4, 0.5) is 5.82 Å². The van der Waals surface area contributed by atoms with Crippen molar-refractivity contribution < 1.29 is 4.74 Å². The third kappa shape index (κ3) is 3.11. The molecule has 4 nitrogen and oxygen atoms in total. The zero-order chi connectivity index (χ0) is 14.5. The Morgan fingerprint density at radius 3 is 2.81 bits per heavy atom. The van der Waals surface area contributed by atoms with Crippen molar-refractivity contribution in [3.05, 3.63) is 60.4 Å². The summed E-state index contributed by atoms with van der Waals surface area (Å²) in [6, 6.07) is 16.5. The number of aromatic nitrogens is 2. The van der Waals surface area contributed by atoms with Crippen LogP contribution in [-0.4, -0.2) is 16.6 Å². The van der Waals surface area contributed by atoms with Crippen molar-refractivity contribution in [3.8, 4) is 5.88 Å². The van der Waals surface area contributed by atoms with Gasteiger partial charge in [0.1, 0.15) is 12.1 Å². The van der Waals surface area contributed by atoms with E-state index in [9.17, 15) is 0 Å². The standard InChI is InChI=1S/C17H17N3O/c1-2-21-17-10-16(19-12-20-17)18-11-14-8-5-7-13-6-3-4-9-15(13)14/h3-10,12H,2,11H2,1H3,(H,18,19,20). The first-order chi connectivity index (χ1) is 10.4. The molecule has 106 valence electrons. The molecule has 1 aromatic heterocycles. The lowest BCUT2D eigenvalue weighted by Gasteiger charge is -2.09. The third-order valence-electron chi connectivity index (χ3n) is 3.27. The summed E-state index contributed by atoms with van der Waals surface area (Å²) < 4.78 is 5.38. The van der Waals surface area contributed by atoms with Crippen molar-refractivity contribution in [1.29, 1.82) is 0 Å². The molecule has 0 amide bonds. The van der Waals surface area contributed by atoms with Gasteiger partial charge in [-0.1, -0.05) is 42.5 Å². The SMILES string of the molecule is CCOc1cc(NCc2cccc3ccccc23)ncn1. The Kier molecular flexibility index (Phi) is 3.96. The van der Waals surface area contributed by atoms with Crippen molar-refractivity contribution in [3.63, 3.8) is 0 Å². The molecule has 1 heterocycles. The molecule has 0 fully saturated rings. The number of hydrogen-bond donors (Lipinski definition) is 1. The van der Waals surface area contributed by atoms with Crippen molar-refractivity contribution in [2.24, 2.45) is 0 Å². The second kappa shape index (κ2) is 6.22. The first-order valence-corrected chi connectivity index (χ1v) is 7.02. The summed E-state index contributed by atoms with van der Waals surface area (Å²) in [4.78, 5) is 8.28. The fourth-order valence-electron chi connectivity index (χ4n) is 2.30. The van der Waals surface area contributed by atoms with E-state index >= 15 is 0 Å². The van der Waals surface area contributed by atoms with Crippen LogP contribution in [0.25, 0.3) is 10.8 Å². The zero-order valence-electron chi connectivity index (χ0n) is 11.9. The Morgan fingerprint density at radius 2 is 1.90 bits per heavy atom. The normalized spacial score (nSPS) is 10.5. The Morgan fingerprint density at radius 1 is 1.05 bits per heavy atom. The molecular weight excluding hydrogens is 262 g/mol. The van der Waals surface area contributed by atoms with E-state index in [4.69, 9.17) is 4.74 Å². The molecule has 21 heavy (non-hydrogen) atoms. The van der Waals surface area contributed by atoms with Crippen molar-refractivity contribution in [2.45, 2.75) is 13.5 Å². The summed E-state index contributed by atoms with van der Waals surface area (Å²) >= 11 is 0. The second-order valence-corrected chi connectivity index (χ2v) is 4.67. The zero-order valence-corrected chi connectivity index (χ0v) is 11.9. The lowest BCUT2D eigenvalue weighted by molar-refractivity contribution is 0.326. The van der Waals surface area contributed by atoms with Crippen LogP contribution in [-0.2, 0) is 6.54 Å². The third-order valence-corrected chi connectivity index (χ3v) is 3.27. The Labute approximate surface area is 123 Å². The number of ether oxygens (including phenoxy) is 1. The maximum atomic E-state index is 5.38. The smallest absolute Gasteiger partial charge is 0.218 e. The van der Waals surface area contributed by atoms with Gasteiger partial charge in [0.05, 0.1) is 6.61 Å². The van der Waals surface area contributed by atoms with Gasteiger partial charge in [0.25, 0.3) is 0 Å². The Bertz CT molecular complexity index is 737. The highest BCUT2D eigenvalue weighted by Gasteiger charge is 2.02. The van der Waals surface area contributed by atoms with Crippen LogP contribution in [0.2, 0.25) is 0 Å². The number of nitrogens with zero attached hydrogens (tertiary/aromatic N) is 2. The first kappa shape index (κ1) is 13.4. The molecule has 3 aromatic rings. The maximum absolute atomic E-state index is 5.38. The number of hydrogen-bond acceptors (Lipinski definition) is 4. The van der Waals surface area contributed by atoms with Gasteiger partial charge in [-0.2, -0.15) is 0 Å². The van der Waals surface area contributed by atoms with E-state index in [-0.39, 0.29) is 0 Å². The monoisotopic (exact) mass is 279 g/mol. The highest BCUT2D eigenvalue weighted by Crippen LogP contribution is 2.20. The number of benzene rings is 2. The molecule has 0 aliphatic heterocycles. The molecule has 0 atom stereocenters. The topological polar surface area (TPSA) is 47.0 Å². The number of rotatable bonds is 5. The first-order valence-electron chi connectivity index (χ1n) is 7.02. The number of fused-ring (bicyclic) bond motifs is 1. The van der Waals surface area contributed by atoms with Crippen molar-refractivity contribution in [2.75, 3.05) is 11.9 Å². The minimum Gasteiger partial charge on any atom is -0.478 e. The summed E-state index contributed by atoms with van der Waals surface area (Å²) in [5, 5.41) is 5.82. The fourth-order valence-corrected chi connectivity index (χ4v) is 2.30. The van der Waals surface area contributed by atoms with E-state index in [2.05, 4.69) is 57.7 Å². The predicted octanol–water partition coefficient (Wildman–Crippen LogP) is 3.64. The molecule has 0 bridgehead atoms. The van der Waals surface area contributed by atoms with Gasteiger partial charge in [0.15, 0.2) is 0 Å². The molecule has 0 aliphatic rings. The largest absolute Gasteiger partial charge is 0.478 e. The minimum absolute atomic E-state index is 0.591. The van der Waals surface area contributed by atoms with Crippen LogP contribution in [0.1, 0.15) is 12.5 Å². The van der Waals surface area contributed by atoms with E-state index in [1.54, 1.807) is 0 Å². The van der Waals surface area contributed by atoms with Gasteiger partial charge in [0.2, 0.25) is 5.88 Å². The Balaban J connectivity index is 1.79. The summed E-state index contributed by atoms with van der Waals surface area (Å²) in [5.41, 5.74) is 1.24. The fraction of sp³-hybridized carbons (Fsp3) is 0.176. The van der Waals surface area contributed by atoms with E-state index in [0.717, 1.165) is 5.82 Å².